The highest BCUT2D eigenvalue weighted by Gasteiger charge is 2.04. The van der Waals surface area contributed by atoms with Crippen LogP contribution in [0.25, 0.3) is 0 Å². The van der Waals surface area contributed by atoms with Gasteiger partial charge in [-0.2, -0.15) is 0 Å². The van der Waals surface area contributed by atoms with E-state index in [9.17, 15) is 0 Å². The summed E-state index contributed by atoms with van der Waals surface area (Å²) in [5.41, 5.74) is 1.56. The van der Waals surface area contributed by atoms with Crippen LogP contribution in [0.5, 0.6) is 0 Å². The molecule has 0 saturated heterocycles. The molecule has 0 heterocycles. The lowest BCUT2D eigenvalue weighted by atomic mass is 10.1. The number of hydrogen-bond acceptors (Lipinski definition) is 3. The van der Waals surface area contributed by atoms with E-state index in [2.05, 4.69) is 5.16 Å². The van der Waals surface area contributed by atoms with Crippen LogP contribution in [0.15, 0.2) is 29.0 Å². The van der Waals surface area contributed by atoms with Crippen LogP contribution < -0.4 is 0 Å². The maximum absolute atomic E-state index is 8.31. The van der Waals surface area contributed by atoms with E-state index in [-0.39, 0.29) is 5.71 Å². The molecule has 0 aromatic heterocycles. The highest BCUT2D eigenvalue weighted by Crippen LogP contribution is 2.03. The first-order valence-electron chi connectivity index (χ1n) is 2.91. The molecule has 0 amide bonds. The van der Waals surface area contributed by atoms with Crippen molar-refractivity contribution in [3.63, 3.8) is 0 Å². The quantitative estimate of drug-likeness (QED) is 0.295. The van der Waals surface area contributed by atoms with Crippen LogP contribution in [-0.4, -0.2) is 16.6 Å². The second-order valence-electron chi connectivity index (χ2n) is 2.12. The van der Waals surface area contributed by atoms with E-state index in [1.54, 1.807) is 18.2 Å². The van der Waals surface area contributed by atoms with E-state index in [0.717, 1.165) is 5.57 Å². The van der Waals surface area contributed by atoms with E-state index in [1.165, 1.54) is 0 Å². The third-order valence-corrected chi connectivity index (χ3v) is 1.26. The summed E-state index contributed by atoms with van der Waals surface area (Å²) in [4.78, 5) is 0. The summed E-state index contributed by atoms with van der Waals surface area (Å²) in [5, 5.41) is 18.5. The molecule has 2 N–H and O–H groups in total. The monoisotopic (exact) mass is 136 g/mol. The van der Waals surface area contributed by atoms with E-state index in [0.29, 0.717) is 5.71 Å². The summed E-state index contributed by atoms with van der Waals surface area (Å²) in [7, 11) is 0. The molecular weight excluding hydrogens is 128 g/mol. The Morgan fingerprint density at radius 3 is 2.70 bits per heavy atom. The van der Waals surface area contributed by atoms with Crippen molar-refractivity contribution >= 4 is 11.4 Å². The van der Waals surface area contributed by atoms with Gasteiger partial charge < -0.3 is 5.21 Å². The van der Waals surface area contributed by atoms with Gasteiger partial charge in [0, 0.05) is 0 Å². The molecular formula is C7H8N2O. The average Bonchev–Trinajstić information content (AvgIpc) is 1.88. The van der Waals surface area contributed by atoms with Crippen molar-refractivity contribution in [2.75, 3.05) is 0 Å². The minimum Gasteiger partial charge on any atom is -0.410 e. The number of rotatable bonds is 0. The first-order chi connectivity index (χ1) is 4.74. The molecule has 3 heteroatoms. The van der Waals surface area contributed by atoms with Gasteiger partial charge in [0.05, 0.1) is 5.71 Å². The molecule has 0 saturated carbocycles. The lowest BCUT2D eigenvalue weighted by Gasteiger charge is -2.02. The van der Waals surface area contributed by atoms with Gasteiger partial charge in [0.2, 0.25) is 0 Å². The molecule has 1 aliphatic rings. The van der Waals surface area contributed by atoms with Crippen LogP contribution in [-0.2, 0) is 0 Å². The fourth-order valence-electron chi connectivity index (χ4n) is 0.737. The van der Waals surface area contributed by atoms with Crippen molar-refractivity contribution in [2.24, 2.45) is 5.16 Å². The summed E-state index contributed by atoms with van der Waals surface area (Å²) in [6.07, 6.45) is 5.06. The van der Waals surface area contributed by atoms with Gasteiger partial charge in [-0.05, 0) is 24.6 Å². The zero-order valence-corrected chi connectivity index (χ0v) is 5.63. The van der Waals surface area contributed by atoms with Crippen molar-refractivity contribution in [1.82, 2.24) is 0 Å². The second kappa shape index (κ2) is 2.47. The van der Waals surface area contributed by atoms with Crippen LogP contribution in [0.3, 0.4) is 0 Å². The van der Waals surface area contributed by atoms with Crippen molar-refractivity contribution < 1.29 is 5.21 Å². The van der Waals surface area contributed by atoms with Crippen molar-refractivity contribution in [3.05, 3.63) is 23.8 Å². The first-order valence-corrected chi connectivity index (χ1v) is 2.91. The molecule has 3 nitrogen and oxygen atoms in total. The largest absolute Gasteiger partial charge is 0.410 e. The van der Waals surface area contributed by atoms with E-state index in [1.807, 2.05) is 6.92 Å². The number of allylic oxidation sites excluding steroid dienone is 4. The van der Waals surface area contributed by atoms with E-state index >= 15 is 0 Å². The fraction of sp³-hybridized carbons (Fsp3) is 0.143. The van der Waals surface area contributed by atoms with Crippen LogP contribution in [0.4, 0.5) is 0 Å². The predicted molar refractivity (Wildman–Crippen MR) is 39.8 cm³/mol. The molecule has 0 aliphatic heterocycles. The molecule has 10 heavy (non-hydrogen) atoms. The van der Waals surface area contributed by atoms with Crippen LogP contribution in [0, 0.1) is 5.41 Å². The fourth-order valence-corrected chi connectivity index (χ4v) is 0.737. The second-order valence-corrected chi connectivity index (χ2v) is 2.12. The summed E-state index contributed by atoms with van der Waals surface area (Å²) < 4.78 is 0. The Labute approximate surface area is 58.9 Å². The normalized spacial score (nSPS) is 21.5. The Balaban J connectivity index is 2.95. The van der Waals surface area contributed by atoms with Crippen LogP contribution in [0.1, 0.15) is 6.92 Å². The Morgan fingerprint density at radius 1 is 1.50 bits per heavy atom. The molecule has 0 atom stereocenters. The van der Waals surface area contributed by atoms with E-state index in [4.69, 9.17) is 10.6 Å². The molecule has 0 radical (unpaired) electrons. The lowest BCUT2D eigenvalue weighted by molar-refractivity contribution is 0.320. The molecule has 1 aliphatic carbocycles. The number of nitrogens with zero attached hydrogens (tertiary/aromatic N) is 1. The van der Waals surface area contributed by atoms with Gasteiger partial charge in [-0.1, -0.05) is 11.2 Å². The van der Waals surface area contributed by atoms with E-state index < -0.39 is 0 Å². The molecule has 0 unspecified atom stereocenters. The standard InChI is InChI=1S/C7H8N2O/c1-5-2-3-7(9-10)6(8)4-5/h2-4,8,10H,1H3/b8-6?,9-7-. The topological polar surface area (TPSA) is 56.4 Å². The number of nitrogens with one attached hydrogen (secondary N) is 1. The Morgan fingerprint density at radius 2 is 2.20 bits per heavy atom. The first kappa shape index (κ1) is 6.74. The Hall–Kier alpha value is -1.38. The highest BCUT2D eigenvalue weighted by atomic mass is 16.4. The highest BCUT2D eigenvalue weighted by molar-refractivity contribution is 6.50. The summed E-state index contributed by atoms with van der Waals surface area (Å²) in [5.74, 6) is 0. The van der Waals surface area contributed by atoms with Crippen molar-refractivity contribution in [1.29, 1.82) is 5.41 Å². The van der Waals surface area contributed by atoms with Crippen LogP contribution in [0.2, 0.25) is 0 Å². The van der Waals surface area contributed by atoms with Crippen LogP contribution >= 0.6 is 0 Å². The van der Waals surface area contributed by atoms with Gasteiger partial charge in [-0.15, -0.1) is 0 Å². The number of hydrogen-bond donors (Lipinski definition) is 2. The Bertz CT molecular complexity index is 248. The Kier molecular flexibility index (Phi) is 1.67. The van der Waals surface area contributed by atoms with Gasteiger partial charge in [0.25, 0.3) is 0 Å². The summed E-state index contributed by atoms with van der Waals surface area (Å²) in [6, 6.07) is 0. The summed E-state index contributed by atoms with van der Waals surface area (Å²) in [6.45, 7) is 1.89. The minimum absolute atomic E-state index is 0.252. The maximum atomic E-state index is 8.31. The smallest absolute Gasteiger partial charge is 0.127 e. The third kappa shape index (κ3) is 1.13. The predicted octanol–water partition coefficient (Wildman–Crippen LogP) is 1.35. The molecule has 1 rings (SSSR count). The average molecular weight is 136 g/mol. The summed E-state index contributed by atoms with van der Waals surface area (Å²) >= 11 is 0. The zero-order chi connectivity index (χ0) is 7.56. The molecule has 0 bridgehead atoms. The zero-order valence-electron chi connectivity index (χ0n) is 5.63. The number of oxime groups is 1. The molecule has 0 aromatic rings. The van der Waals surface area contributed by atoms with Gasteiger partial charge >= 0.3 is 0 Å². The van der Waals surface area contributed by atoms with Crippen molar-refractivity contribution in [3.8, 4) is 0 Å². The SMILES string of the molecule is CC1=CC(=N)/C(=N\O)C=C1. The molecule has 0 fully saturated rings. The van der Waals surface area contributed by atoms with Gasteiger partial charge in [-0.3, -0.25) is 5.41 Å². The third-order valence-electron chi connectivity index (χ3n) is 1.26. The van der Waals surface area contributed by atoms with Crippen molar-refractivity contribution in [2.45, 2.75) is 6.92 Å². The lowest BCUT2D eigenvalue weighted by Crippen LogP contribution is -2.10. The van der Waals surface area contributed by atoms with Gasteiger partial charge in [0.15, 0.2) is 0 Å². The molecule has 0 spiro atoms. The van der Waals surface area contributed by atoms with Gasteiger partial charge in [0.1, 0.15) is 5.71 Å². The maximum Gasteiger partial charge on any atom is 0.127 e. The van der Waals surface area contributed by atoms with Gasteiger partial charge in [-0.25, -0.2) is 0 Å². The molecule has 0 aromatic carbocycles. The minimum atomic E-state index is 0.252. The molecule has 52 valence electrons.